The van der Waals surface area contributed by atoms with Crippen LogP contribution in [0.25, 0.3) is 165 Å². The van der Waals surface area contributed by atoms with E-state index in [2.05, 4.69) is 227 Å². The molecule has 0 N–H and O–H groups in total. The van der Waals surface area contributed by atoms with E-state index < -0.39 is 0 Å². The van der Waals surface area contributed by atoms with E-state index in [4.69, 9.17) is 8.83 Å². The van der Waals surface area contributed by atoms with Crippen molar-refractivity contribution in [3.8, 4) is 44.5 Å². The minimum atomic E-state index is 0.900. The Hall–Kier alpha value is -9.38. The largest absolute Gasteiger partial charge is 0.455 e. The molecule has 17 rings (SSSR count). The van der Waals surface area contributed by atoms with Gasteiger partial charge >= 0.3 is 0 Å². The Kier molecular flexibility index (Phi) is 6.92. The molecule has 0 bridgehead atoms. The van der Waals surface area contributed by atoms with E-state index in [1.165, 1.54) is 98.4 Å². The molecule has 0 atom stereocenters. The predicted molar refractivity (Wildman–Crippen MR) is 292 cm³/mol. The van der Waals surface area contributed by atoms with Crippen molar-refractivity contribution in [2.75, 3.05) is 0 Å². The molecule has 0 saturated carbocycles. The van der Waals surface area contributed by atoms with Gasteiger partial charge in [0, 0.05) is 86.9 Å². The van der Waals surface area contributed by atoms with E-state index in [-0.39, 0.29) is 0 Å². The highest BCUT2D eigenvalue weighted by molar-refractivity contribution is 6.40. The van der Waals surface area contributed by atoms with Gasteiger partial charge in [-0.05, 0) is 46.5 Å². The van der Waals surface area contributed by atoms with E-state index in [0.717, 1.165) is 66.1 Å². The highest BCUT2D eigenvalue weighted by Gasteiger charge is 2.32. The van der Waals surface area contributed by atoms with Crippen molar-refractivity contribution in [1.29, 1.82) is 0 Å². The zero-order valence-electron chi connectivity index (χ0n) is 37.5. The molecule has 0 aliphatic carbocycles. The van der Waals surface area contributed by atoms with Gasteiger partial charge in [0.2, 0.25) is 0 Å². The molecule has 4 heteroatoms. The molecule has 17 aromatic rings. The lowest BCUT2D eigenvalue weighted by atomic mass is 9.88. The fourth-order valence-corrected chi connectivity index (χ4v) is 12.9. The fraction of sp³-hybridized carbons (Fsp3) is 0. The Bertz CT molecular complexity index is 4730. The van der Waals surface area contributed by atoms with Crippen LogP contribution in [0.5, 0.6) is 0 Å². The number of aromatic nitrogens is 2. The highest BCUT2D eigenvalue weighted by Crippen LogP contribution is 2.56. The third-order valence-electron chi connectivity index (χ3n) is 15.6. The first-order chi connectivity index (χ1) is 34.8. The molecule has 6 aromatic heterocycles. The van der Waals surface area contributed by atoms with Crippen molar-refractivity contribution in [2.24, 2.45) is 0 Å². The van der Waals surface area contributed by atoms with Gasteiger partial charge in [0.05, 0.1) is 33.1 Å². The molecule has 6 heterocycles. The number of nitrogens with zero attached hydrogens (tertiary/aromatic N) is 2. The van der Waals surface area contributed by atoms with Crippen molar-refractivity contribution < 1.29 is 8.83 Å². The van der Waals surface area contributed by atoms with Crippen molar-refractivity contribution >= 4 is 120 Å². The van der Waals surface area contributed by atoms with Gasteiger partial charge < -0.3 is 17.6 Å². The van der Waals surface area contributed by atoms with Crippen molar-refractivity contribution in [3.05, 3.63) is 218 Å². The second-order valence-corrected chi connectivity index (χ2v) is 19.0. The zero-order chi connectivity index (χ0) is 45.3. The van der Waals surface area contributed by atoms with Crippen LogP contribution in [0, 0.1) is 0 Å². The van der Waals surface area contributed by atoms with Crippen molar-refractivity contribution in [1.82, 2.24) is 8.80 Å². The molecule has 70 heavy (non-hydrogen) atoms. The van der Waals surface area contributed by atoms with E-state index in [0.29, 0.717) is 0 Å². The van der Waals surface area contributed by atoms with Crippen LogP contribution >= 0.6 is 0 Å². The van der Waals surface area contributed by atoms with Gasteiger partial charge in [-0.1, -0.05) is 194 Å². The Morgan fingerprint density at radius 1 is 0.243 bits per heavy atom. The molecule has 0 amide bonds. The van der Waals surface area contributed by atoms with Crippen LogP contribution in [0.4, 0.5) is 0 Å². The smallest absolute Gasteiger partial charge is 0.143 e. The second-order valence-electron chi connectivity index (χ2n) is 19.0. The SMILES string of the molecule is c1ccc(-c2c3c4ccc(-c5cccc6c5oc5ccccc56)c5c6ccccc6n(c3c(-c3ccccc3)c3c6ccc(-c7cccc8c7oc7ccccc78)c7c8ccccc8n(c23)c67)c45)cc1. The van der Waals surface area contributed by atoms with Crippen molar-refractivity contribution in [3.63, 3.8) is 0 Å². The van der Waals surface area contributed by atoms with E-state index in [9.17, 15) is 0 Å². The number of rotatable bonds is 4. The molecule has 0 fully saturated rings. The van der Waals surface area contributed by atoms with Gasteiger partial charge in [0.15, 0.2) is 0 Å². The summed E-state index contributed by atoms with van der Waals surface area (Å²) in [5.74, 6) is 0. The summed E-state index contributed by atoms with van der Waals surface area (Å²) in [7, 11) is 0. The summed E-state index contributed by atoms with van der Waals surface area (Å²) in [5.41, 5.74) is 20.2. The fourth-order valence-electron chi connectivity index (χ4n) is 12.9. The molecule has 0 saturated heterocycles. The Labute approximate surface area is 398 Å². The van der Waals surface area contributed by atoms with Crippen LogP contribution in [0.1, 0.15) is 0 Å². The zero-order valence-corrected chi connectivity index (χ0v) is 37.5. The van der Waals surface area contributed by atoms with Gasteiger partial charge in [-0.3, -0.25) is 0 Å². The molecule has 4 nitrogen and oxygen atoms in total. The van der Waals surface area contributed by atoms with Gasteiger partial charge in [-0.25, -0.2) is 0 Å². The molecule has 11 aromatic carbocycles. The summed E-state index contributed by atoms with van der Waals surface area (Å²) < 4.78 is 18.7. The van der Waals surface area contributed by atoms with Crippen LogP contribution in [0.3, 0.4) is 0 Å². The number of furan rings is 2. The van der Waals surface area contributed by atoms with Crippen LogP contribution in [-0.2, 0) is 0 Å². The standard InChI is InChI=1S/C66H36N2O2/c1-3-17-37(18-4-1)55-59-49-35-33-41(45-27-15-25-43-39-21-9-13-31-53(39)69-65(43)45)57-48-24-8-12-30-52(48)68(61(49)57)64(59)56(38-19-5-2-6-20-38)60-50-36-34-42(58-47-23-7-11-29-51(47)67(62(50)58)63(55)60)46-28-16-26-44-40-22-10-14-32-54(40)70-66(44)46/h1-36H. The van der Waals surface area contributed by atoms with E-state index >= 15 is 0 Å². The quantitative estimate of drug-likeness (QED) is 0.176. The average molecular weight is 889 g/mol. The number of fused-ring (bicyclic) bond motifs is 18. The first kappa shape index (κ1) is 36.7. The van der Waals surface area contributed by atoms with Crippen LogP contribution in [-0.4, -0.2) is 8.80 Å². The Morgan fingerprint density at radius 2 is 0.629 bits per heavy atom. The first-order valence-corrected chi connectivity index (χ1v) is 24.1. The minimum Gasteiger partial charge on any atom is -0.455 e. The summed E-state index contributed by atoms with van der Waals surface area (Å²) >= 11 is 0. The topological polar surface area (TPSA) is 35.1 Å². The summed E-state index contributed by atoms with van der Waals surface area (Å²) in [5, 5.41) is 14.4. The predicted octanol–water partition coefficient (Wildman–Crippen LogP) is 18.5. The second kappa shape index (κ2) is 13.2. The minimum absolute atomic E-state index is 0.900. The van der Waals surface area contributed by atoms with Crippen LogP contribution in [0.2, 0.25) is 0 Å². The van der Waals surface area contributed by atoms with Crippen LogP contribution in [0.15, 0.2) is 227 Å². The lowest BCUT2D eigenvalue weighted by Crippen LogP contribution is -1.93. The van der Waals surface area contributed by atoms with Gasteiger partial charge in [0.1, 0.15) is 22.3 Å². The third-order valence-corrected chi connectivity index (χ3v) is 15.6. The van der Waals surface area contributed by atoms with Gasteiger partial charge in [-0.15, -0.1) is 0 Å². The van der Waals surface area contributed by atoms with E-state index in [1.807, 2.05) is 0 Å². The maximum absolute atomic E-state index is 6.77. The molecule has 0 aliphatic rings. The van der Waals surface area contributed by atoms with E-state index in [1.54, 1.807) is 0 Å². The monoisotopic (exact) mass is 888 g/mol. The van der Waals surface area contributed by atoms with Gasteiger partial charge in [-0.2, -0.15) is 0 Å². The normalized spacial score (nSPS) is 12.6. The molecular weight excluding hydrogens is 853 g/mol. The number of hydrogen-bond donors (Lipinski definition) is 0. The molecule has 0 radical (unpaired) electrons. The Morgan fingerprint density at radius 3 is 1.09 bits per heavy atom. The summed E-state index contributed by atoms with van der Waals surface area (Å²) in [6.07, 6.45) is 0. The summed E-state index contributed by atoms with van der Waals surface area (Å²) in [4.78, 5) is 0. The number of benzene rings is 11. The molecule has 0 aliphatic heterocycles. The summed E-state index contributed by atoms with van der Waals surface area (Å²) in [6, 6.07) is 79.7. The number of hydrogen-bond acceptors (Lipinski definition) is 2. The highest BCUT2D eigenvalue weighted by atomic mass is 16.3. The lowest BCUT2D eigenvalue weighted by Gasteiger charge is -2.16. The van der Waals surface area contributed by atoms with Gasteiger partial charge in [0.25, 0.3) is 0 Å². The maximum atomic E-state index is 6.77. The first-order valence-electron chi connectivity index (χ1n) is 24.1. The Balaban J connectivity index is 1.11. The van der Waals surface area contributed by atoms with Crippen LogP contribution < -0.4 is 0 Å². The van der Waals surface area contributed by atoms with Crippen molar-refractivity contribution in [2.45, 2.75) is 0 Å². The number of para-hydroxylation sites is 6. The maximum Gasteiger partial charge on any atom is 0.143 e. The molecule has 322 valence electrons. The molecule has 0 spiro atoms. The third kappa shape index (κ3) is 4.47. The molecular formula is C66H36N2O2. The molecule has 0 unspecified atom stereocenters. The average Bonchev–Trinajstić information content (AvgIpc) is 4.28. The summed E-state index contributed by atoms with van der Waals surface area (Å²) in [6.45, 7) is 0. The lowest BCUT2D eigenvalue weighted by molar-refractivity contribution is 0.669.